The predicted octanol–water partition coefficient (Wildman–Crippen LogP) is 3.54. The molecule has 1 aromatic rings. The highest BCUT2D eigenvalue weighted by atomic mass is 16.6. The van der Waals surface area contributed by atoms with Crippen LogP contribution in [0, 0.1) is 15.5 Å². The third-order valence-electron chi connectivity index (χ3n) is 3.25. The lowest BCUT2D eigenvalue weighted by atomic mass is 9.78. The molecule has 0 aromatic heterocycles. The number of carbonyl (C=O) groups is 1. The lowest BCUT2D eigenvalue weighted by molar-refractivity contribution is -0.384. The highest BCUT2D eigenvalue weighted by molar-refractivity contribution is 5.96. The first-order chi connectivity index (χ1) is 10.2. The molecule has 0 saturated heterocycles. The van der Waals surface area contributed by atoms with Crippen molar-refractivity contribution in [2.75, 3.05) is 0 Å². The second kappa shape index (κ2) is 5.55. The number of hydrogen-bond donors (Lipinski definition) is 2. The maximum Gasteiger partial charge on any atom is 0.273 e. The highest BCUT2D eigenvalue weighted by Gasteiger charge is 2.33. The molecule has 0 saturated carbocycles. The topological polar surface area (TPSA) is 125 Å². The van der Waals surface area contributed by atoms with Crippen molar-refractivity contribution < 1.29 is 19.9 Å². The molecule has 0 unspecified atom stereocenters. The zero-order valence-corrected chi connectivity index (χ0v) is 12.1. The van der Waals surface area contributed by atoms with E-state index in [4.69, 9.17) is 0 Å². The third-order valence-corrected chi connectivity index (χ3v) is 3.25. The van der Waals surface area contributed by atoms with Crippen molar-refractivity contribution in [2.45, 2.75) is 26.7 Å². The highest BCUT2D eigenvalue weighted by Crippen LogP contribution is 2.37. The van der Waals surface area contributed by atoms with Crippen LogP contribution in [0.5, 0.6) is 5.75 Å². The fourth-order valence-corrected chi connectivity index (χ4v) is 2.21. The van der Waals surface area contributed by atoms with E-state index in [-0.39, 0.29) is 40.5 Å². The van der Waals surface area contributed by atoms with E-state index in [9.17, 15) is 25.1 Å². The number of carbonyl (C=O) groups excluding carboxylic acids is 1. The molecule has 8 nitrogen and oxygen atoms in total. The molecule has 0 fully saturated rings. The predicted molar refractivity (Wildman–Crippen MR) is 77.0 cm³/mol. The van der Waals surface area contributed by atoms with Crippen LogP contribution < -0.4 is 0 Å². The molecule has 116 valence electrons. The quantitative estimate of drug-likeness (QED) is 0.501. The van der Waals surface area contributed by atoms with Gasteiger partial charge in [0.25, 0.3) is 5.69 Å². The average molecular weight is 305 g/mol. The summed E-state index contributed by atoms with van der Waals surface area (Å²) < 4.78 is 0. The Balaban J connectivity index is 2.29. The molecule has 0 spiro atoms. The van der Waals surface area contributed by atoms with Gasteiger partial charge in [0.2, 0.25) is 0 Å². The maximum absolute atomic E-state index is 11.9. The van der Waals surface area contributed by atoms with E-state index in [1.165, 1.54) is 6.07 Å². The summed E-state index contributed by atoms with van der Waals surface area (Å²) in [4.78, 5) is 21.9. The Hall–Kier alpha value is -2.77. The molecule has 1 aromatic carbocycles. The number of phenols is 1. The van der Waals surface area contributed by atoms with Gasteiger partial charge < -0.3 is 10.2 Å². The number of aliphatic hydroxyl groups is 1. The Kier molecular flexibility index (Phi) is 3.94. The van der Waals surface area contributed by atoms with Crippen molar-refractivity contribution in [3.05, 3.63) is 39.8 Å². The first-order valence-electron chi connectivity index (χ1n) is 6.54. The van der Waals surface area contributed by atoms with Crippen molar-refractivity contribution >= 4 is 17.2 Å². The number of hydrogen-bond acceptors (Lipinski definition) is 7. The van der Waals surface area contributed by atoms with Crippen LogP contribution in [0.4, 0.5) is 11.4 Å². The molecule has 22 heavy (non-hydrogen) atoms. The van der Waals surface area contributed by atoms with Crippen LogP contribution in [0.2, 0.25) is 0 Å². The molecule has 0 bridgehead atoms. The van der Waals surface area contributed by atoms with Gasteiger partial charge in [0, 0.05) is 18.9 Å². The summed E-state index contributed by atoms with van der Waals surface area (Å²) in [6.45, 7) is 3.72. The number of allylic oxidation sites excluding steroid dienone is 2. The molecule has 0 atom stereocenters. The number of aliphatic hydroxyl groups excluding tert-OH is 1. The first-order valence-corrected chi connectivity index (χ1v) is 6.54. The average Bonchev–Trinajstić information content (AvgIpc) is 2.37. The number of non-ortho nitro benzene ring substituents is 1. The fraction of sp³-hybridized carbons (Fsp3) is 0.357. The number of aromatic hydroxyl groups is 1. The zero-order valence-electron chi connectivity index (χ0n) is 12.1. The van der Waals surface area contributed by atoms with Crippen molar-refractivity contribution in [3.8, 4) is 5.75 Å². The first kappa shape index (κ1) is 15.6. The van der Waals surface area contributed by atoms with E-state index in [0.717, 1.165) is 12.1 Å². The molecule has 1 aliphatic rings. The minimum Gasteiger partial charge on any atom is -0.510 e. The number of benzene rings is 1. The van der Waals surface area contributed by atoms with E-state index in [1.54, 1.807) is 0 Å². The van der Waals surface area contributed by atoms with E-state index < -0.39 is 10.7 Å². The molecule has 0 aliphatic heterocycles. The minimum atomic E-state index is -0.651. The third kappa shape index (κ3) is 3.27. The van der Waals surface area contributed by atoms with Gasteiger partial charge in [0.1, 0.15) is 17.2 Å². The van der Waals surface area contributed by atoms with Gasteiger partial charge in [0.05, 0.1) is 11.0 Å². The summed E-state index contributed by atoms with van der Waals surface area (Å²) in [7, 11) is 0. The number of nitro groups is 1. The van der Waals surface area contributed by atoms with Crippen LogP contribution in [-0.2, 0) is 4.79 Å². The van der Waals surface area contributed by atoms with Crippen molar-refractivity contribution in [3.63, 3.8) is 0 Å². The van der Waals surface area contributed by atoms with Gasteiger partial charge in [-0.2, -0.15) is 0 Å². The molecule has 0 radical (unpaired) electrons. The molecular formula is C14H15N3O5. The molecule has 1 aliphatic carbocycles. The van der Waals surface area contributed by atoms with Gasteiger partial charge in [-0.15, -0.1) is 10.2 Å². The smallest absolute Gasteiger partial charge is 0.273 e. The zero-order chi connectivity index (χ0) is 16.5. The van der Waals surface area contributed by atoms with Crippen LogP contribution in [0.15, 0.2) is 39.9 Å². The summed E-state index contributed by atoms with van der Waals surface area (Å²) in [5, 5.41) is 37.5. The summed E-state index contributed by atoms with van der Waals surface area (Å²) in [6, 6.07) is 3.31. The second-order valence-electron chi connectivity index (χ2n) is 5.87. The maximum atomic E-state index is 11.9. The molecule has 2 N–H and O–H groups in total. The minimum absolute atomic E-state index is 0.0245. The lowest BCUT2D eigenvalue weighted by Crippen LogP contribution is -2.25. The summed E-state index contributed by atoms with van der Waals surface area (Å²) in [5.41, 5.74) is -0.787. The Morgan fingerprint density at radius 2 is 1.91 bits per heavy atom. The standard InChI is InChI=1S/C14H15N3O5/c1-14(2)6-11(19)13(12(20)7-14)16-15-9-4-3-8(17(21)22)5-10(9)18/h3-5,18-19H,6-7H2,1-2H3. The Morgan fingerprint density at radius 3 is 2.45 bits per heavy atom. The summed E-state index contributed by atoms with van der Waals surface area (Å²) >= 11 is 0. The van der Waals surface area contributed by atoms with Crippen LogP contribution in [0.1, 0.15) is 26.7 Å². The molecule has 0 heterocycles. The van der Waals surface area contributed by atoms with E-state index in [2.05, 4.69) is 10.2 Å². The lowest BCUT2D eigenvalue weighted by Gasteiger charge is -2.27. The normalized spacial score (nSPS) is 18.0. The summed E-state index contributed by atoms with van der Waals surface area (Å²) in [5.74, 6) is -0.910. The number of Topliss-reactive ketones (excluding diaryl/α,β-unsaturated/α-hetero) is 1. The summed E-state index contributed by atoms with van der Waals surface area (Å²) in [6.07, 6.45) is 0.539. The molecule has 2 rings (SSSR count). The number of phenolic OH excluding ortho intramolecular Hbond substituents is 1. The Morgan fingerprint density at radius 1 is 1.23 bits per heavy atom. The molecule has 8 heteroatoms. The molecular weight excluding hydrogens is 290 g/mol. The number of azo groups is 1. The largest absolute Gasteiger partial charge is 0.510 e. The Labute approximate surface area is 126 Å². The van der Waals surface area contributed by atoms with Gasteiger partial charge in [-0.05, 0) is 11.5 Å². The second-order valence-corrected chi connectivity index (χ2v) is 5.87. The van der Waals surface area contributed by atoms with Crippen molar-refractivity contribution in [1.82, 2.24) is 0 Å². The number of nitro benzene ring substituents is 1. The molecule has 0 amide bonds. The van der Waals surface area contributed by atoms with Crippen molar-refractivity contribution in [1.29, 1.82) is 0 Å². The van der Waals surface area contributed by atoms with Crippen LogP contribution in [-0.4, -0.2) is 20.9 Å². The van der Waals surface area contributed by atoms with Crippen LogP contribution >= 0.6 is 0 Å². The fourth-order valence-electron chi connectivity index (χ4n) is 2.21. The SMILES string of the molecule is CC1(C)CC(=O)C(N=Nc2ccc([N+](=O)[O-])cc2O)=C(O)C1. The number of nitrogens with zero attached hydrogens (tertiary/aromatic N) is 3. The van der Waals surface area contributed by atoms with Gasteiger partial charge >= 0.3 is 0 Å². The number of rotatable bonds is 3. The van der Waals surface area contributed by atoms with Crippen molar-refractivity contribution in [2.24, 2.45) is 15.6 Å². The van der Waals surface area contributed by atoms with E-state index in [0.29, 0.717) is 6.42 Å². The monoisotopic (exact) mass is 305 g/mol. The van der Waals surface area contributed by atoms with E-state index in [1.807, 2.05) is 13.8 Å². The number of ketones is 1. The Bertz CT molecular complexity index is 706. The van der Waals surface area contributed by atoms with Crippen LogP contribution in [0.25, 0.3) is 0 Å². The van der Waals surface area contributed by atoms with Crippen LogP contribution in [0.3, 0.4) is 0 Å². The van der Waals surface area contributed by atoms with E-state index >= 15 is 0 Å². The van der Waals surface area contributed by atoms with Gasteiger partial charge in [0.15, 0.2) is 11.5 Å². The van der Waals surface area contributed by atoms with Gasteiger partial charge in [-0.25, -0.2) is 0 Å². The van der Waals surface area contributed by atoms with Gasteiger partial charge in [-0.1, -0.05) is 13.8 Å². The van der Waals surface area contributed by atoms with Gasteiger partial charge in [-0.3, -0.25) is 14.9 Å².